The monoisotopic (exact) mass is 587 g/mol. The summed E-state index contributed by atoms with van der Waals surface area (Å²) in [6.45, 7) is 12.5. The van der Waals surface area contributed by atoms with Crippen LogP contribution >= 0.6 is 0 Å². The minimum Gasteiger partial charge on any atom is -0.419 e. The van der Waals surface area contributed by atoms with E-state index in [1.54, 1.807) is 45.3 Å². The Kier molecular flexibility index (Phi) is 17.0. The topological polar surface area (TPSA) is 212 Å². The summed E-state index contributed by atoms with van der Waals surface area (Å²) in [6, 6.07) is 0. The Bertz CT molecular complexity index is 1120. The molecule has 1 heterocycles. The van der Waals surface area contributed by atoms with Crippen molar-refractivity contribution in [2.75, 3.05) is 13.2 Å². The molecule has 11 heteroatoms. The number of hydrogen-bond donors (Lipinski definition) is 5. The van der Waals surface area contributed by atoms with E-state index in [0.717, 1.165) is 6.08 Å². The van der Waals surface area contributed by atoms with Crippen molar-refractivity contribution >= 4 is 24.2 Å². The highest BCUT2D eigenvalue weighted by molar-refractivity contribution is 6.13. The Labute approximate surface area is 247 Å². The number of nitrogens with zero attached hydrogens (tertiary/aromatic N) is 1. The van der Waals surface area contributed by atoms with E-state index in [1.807, 2.05) is 6.92 Å². The van der Waals surface area contributed by atoms with Crippen LogP contribution in [0.25, 0.3) is 0 Å². The van der Waals surface area contributed by atoms with Crippen molar-refractivity contribution in [3.63, 3.8) is 0 Å². The number of nitrogens with one attached hydrogen (secondary N) is 2. The van der Waals surface area contributed by atoms with Crippen molar-refractivity contribution in [1.82, 2.24) is 5.32 Å². The SMILES string of the molecule is C=CC1C(=O)C=C2NC(=O)/C(C)=C/C=C\C(CO)C(OC#N)/C(C)=C/C(C)C(O)C(CO)CC(C)CC1C2=O.C=N.O. The average Bonchev–Trinajstić information content (AvgIpc) is 2.95. The van der Waals surface area contributed by atoms with Crippen LogP contribution < -0.4 is 5.32 Å². The van der Waals surface area contributed by atoms with Crippen LogP contribution in [0, 0.1) is 52.4 Å². The molecule has 0 fully saturated rings. The Hall–Kier alpha value is -3.69. The summed E-state index contributed by atoms with van der Waals surface area (Å²) >= 11 is 0. The number of carbonyl (C=O) groups is 3. The van der Waals surface area contributed by atoms with Gasteiger partial charge in [-0.3, -0.25) is 14.4 Å². The minimum atomic E-state index is -0.945. The molecule has 0 saturated heterocycles. The van der Waals surface area contributed by atoms with Gasteiger partial charge in [-0.2, -0.15) is 5.26 Å². The van der Waals surface area contributed by atoms with E-state index in [4.69, 9.17) is 10.1 Å². The maximum atomic E-state index is 13.4. The van der Waals surface area contributed by atoms with Crippen LogP contribution in [-0.2, 0) is 19.1 Å². The van der Waals surface area contributed by atoms with E-state index in [1.165, 1.54) is 12.2 Å². The van der Waals surface area contributed by atoms with Crippen molar-refractivity contribution in [2.24, 2.45) is 35.5 Å². The molecule has 42 heavy (non-hydrogen) atoms. The Morgan fingerprint density at radius 1 is 1.17 bits per heavy atom. The van der Waals surface area contributed by atoms with Crippen molar-refractivity contribution in [3.8, 4) is 6.26 Å². The van der Waals surface area contributed by atoms with Crippen LogP contribution in [0.5, 0.6) is 0 Å². The second-order valence-electron chi connectivity index (χ2n) is 10.6. The van der Waals surface area contributed by atoms with Crippen molar-refractivity contribution in [3.05, 3.63) is 59.9 Å². The van der Waals surface area contributed by atoms with Crippen molar-refractivity contribution < 1.29 is 39.9 Å². The van der Waals surface area contributed by atoms with Gasteiger partial charge in [0.05, 0.1) is 18.4 Å². The number of aliphatic hydroxyl groups excluding tert-OH is 3. The molecule has 8 atom stereocenters. The van der Waals surface area contributed by atoms with Gasteiger partial charge in [0.25, 0.3) is 12.2 Å². The molecule has 2 aliphatic rings. The summed E-state index contributed by atoms with van der Waals surface area (Å²) in [4.78, 5) is 39.0. The lowest BCUT2D eigenvalue weighted by Crippen LogP contribution is -2.41. The molecule has 8 unspecified atom stereocenters. The smallest absolute Gasteiger partial charge is 0.286 e. The number of carbonyl (C=O) groups excluding carboxylic acids is 3. The Balaban J connectivity index is 0.00000548. The number of aliphatic hydroxyl groups is 3. The van der Waals surface area contributed by atoms with Crippen LogP contribution in [0.3, 0.4) is 0 Å². The summed E-state index contributed by atoms with van der Waals surface area (Å²) in [5, 5.41) is 48.5. The summed E-state index contributed by atoms with van der Waals surface area (Å²) < 4.78 is 5.26. The number of nitriles is 1. The van der Waals surface area contributed by atoms with E-state index in [0.29, 0.717) is 18.4 Å². The molecule has 0 spiro atoms. The second kappa shape index (κ2) is 18.7. The maximum Gasteiger partial charge on any atom is 0.286 e. The molecule has 0 saturated carbocycles. The first kappa shape index (κ1) is 38.3. The number of rotatable bonds is 4. The zero-order valence-electron chi connectivity index (χ0n) is 24.7. The van der Waals surface area contributed by atoms with E-state index < -0.39 is 47.7 Å². The van der Waals surface area contributed by atoms with E-state index in [9.17, 15) is 35.0 Å². The lowest BCUT2D eigenvalue weighted by molar-refractivity contribution is -0.130. The minimum absolute atomic E-state index is 0. The van der Waals surface area contributed by atoms with Gasteiger partial charge < -0.3 is 36.3 Å². The molecular weight excluding hydrogens is 542 g/mol. The zero-order chi connectivity index (χ0) is 31.3. The highest BCUT2D eigenvalue weighted by Crippen LogP contribution is 2.33. The molecule has 0 aromatic heterocycles. The molecule has 0 radical (unpaired) electrons. The largest absolute Gasteiger partial charge is 0.419 e. The number of allylic oxidation sites excluding steroid dienone is 5. The second-order valence-corrected chi connectivity index (χ2v) is 10.6. The van der Waals surface area contributed by atoms with Gasteiger partial charge in [-0.25, -0.2) is 0 Å². The van der Waals surface area contributed by atoms with Crippen LogP contribution in [0.4, 0.5) is 0 Å². The number of ether oxygens (including phenoxy) is 1. The van der Waals surface area contributed by atoms with Crippen molar-refractivity contribution in [2.45, 2.75) is 52.7 Å². The highest BCUT2D eigenvalue weighted by Gasteiger charge is 2.39. The summed E-state index contributed by atoms with van der Waals surface area (Å²) in [5.74, 6) is -4.47. The fourth-order valence-corrected chi connectivity index (χ4v) is 5.38. The fraction of sp³-hybridized carbons (Fsp3) is 0.516. The molecule has 7 N–H and O–H groups in total. The fourth-order valence-electron chi connectivity index (χ4n) is 5.38. The number of hydrogen-bond acceptors (Lipinski definition) is 9. The van der Waals surface area contributed by atoms with Crippen molar-refractivity contribution in [1.29, 1.82) is 10.7 Å². The number of ketones is 2. The summed E-state index contributed by atoms with van der Waals surface area (Å²) in [5.41, 5.74) is 0.787. The Morgan fingerprint density at radius 3 is 2.36 bits per heavy atom. The molecule has 11 nitrogen and oxygen atoms in total. The quantitative estimate of drug-likeness (QED) is 0.186. The molecule has 1 aliphatic heterocycles. The van der Waals surface area contributed by atoms with Gasteiger partial charge >= 0.3 is 0 Å². The molecule has 2 bridgehead atoms. The first-order chi connectivity index (χ1) is 19.5. The number of Topliss-reactive ketones (excluding diaryl/α,β-unsaturated/α-hetero) is 1. The lowest BCUT2D eigenvalue weighted by atomic mass is 9.73. The standard InChI is InChI=1S/C30H40N2O7.CH3N.H2O/c1-6-23-24-11-17(2)10-22(15-34)27(36)19(4)12-20(5)29(39-16-31)21(14-33)9-7-8-18(3)30(38)32-25(28(24)37)13-26(23)35;1-2;/h6-9,12-13,17,19,21-24,27,29,33-34,36H,1,10-11,14-15H2,2-5H3,(H,32,38);2H,1H2;1H2/b9-7-,18-8+,20-12+;;. The Morgan fingerprint density at radius 2 is 1.81 bits per heavy atom. The third-order valence-electron chi connectivity index (χ3n) is 7.59. The average molecular weight is 588 g/mol. The normalized spacial score (nSPS) is 34.2. The molecule has 1 amide bonds. The zero-order valence-corrected chi connectivity index (χ0v) is 24.7. The molecule has 0 aromatic rings. The van der Waals surface area contributed by atoms with Gasteiger partial charge in [-0.05, 0) is 44.9 Å². The van der Waals surface area contributed by atoms with E-state index in [2.05, 4.69) is 18.6 Å². The van der Waals surface area contributed by atoms with Gasteiger partial charge in [-0.15, -0.1) is 6.58 Å². The van der Waals surface area contributed by atoms with Crippen LogP contribution in [0.15, 0.2) is 59.9 Å². The molecule has 0 aromatic carbocycles. The van der Waals surface area contributed by atoms with Gasteiger partial charge in [0, 0.05) is 47.8 Å². The van der Waals surface area contributed by atoms with Gasteiger partial charge in [0.2, 0.25) is 0 Å². The highest BCUT2D eigenvalue weighted by atomic mass is 16.5. The van der Waals surface area contributed by atoms with Crippen LogP contribution in [0.2, 0.25) is 0 Å². The predicted octanol–water partition coefficient (Wildman–Crippen LogP) is 1.96. The number of fused-ring (bicyclic) bond motifs is 2. The van der Waals surface area contributed by atoms with Gasteiger partial charge in [0.15, 0.2) is 11.6 Å². The maximum absolute atomic E-state index is 13.4. The third kappa shape index (κ3) is 9.99. The molecule has 232 valence electrons. The molecule has 2 rings (SSSR count). The number of amides is 1. The lowest BCUT2D eigenvalue weighted by Gasteiger charge is -2.32. The first-order valence-electron chi connectivity index (χ1n) is 13.6. The first-order valence-corrected chi connectivity index (χ1v) is 13.6. The van der Waals surface area contributed by atoms with Crippen LogP contribution in [0.1, 0.15) is 40.5 Å². The summed E-state index contributed by atoms with van der Waals surface area (Å²) in [6.07, 6.45) is 9.58. The van der Waals surface area contributed by atoms with Gasteiger partial charge in [0.1, 0.15) is 6.10 Å². The van der Waals surface area contributed by atoms with E-state index >= 15 is 0 Å². The van der Waals surface area contributed by atoms with E-state index in [-0.39, 0.29) is 47.4 Å². The summed E-state index contributed by atoms with van der Waals surface area (Å²) in [7, 11) is 0. The molecular formula is C31H45N3O8. The third-order valence-corrected chi connectivity index (χ3v) is 7.59. The predicted molar refractivity (Wildman–Crippen MR) is 159 cm³/mol. The van der Waals surface area contributed by atoms with Crippen LogP contribution in [-0.4, -0.2) is 70.4 Å². The molecule has 1 aliphatic carbocycles. The van der Waals surface area contributed by atoms with Gasteiger partial charge in [-0.1, -0.05) is 44.2 Å².